The monoisotopic (exact) mass is 353 g/mol. The van der Waals surface area contributed by atoms with Crippen molar-refractivity contribution in [2.24, 2.45) is 0 Å². The average molecular weight is 354 g/mol. The molecule has 0 radical (unpaired) electrons. The normalized spacial score (nSPS) is 10.0. The van der Waals surface area contributed by atoms with Gasteiger partial charge in [0.2, 0.25) is 0 Å². The van der Waals surface area contributed by atoms with Crippen LogP contribution in [0.5, 0.6) is 0 Å². The summed E-state index contributed by atoms with van der Waals surface area (Å²) in [6.07, 6.45) is 0. The number of nitro groups is 1. The highest BCUT2D eigenvalue weighted by molar-refractivity contribution is 7.80. The fourth-order valence-corrected chi connectivity index (χ4v) is 2.11. The van der Waals surface area contributed by atoms with Gasteiger partial charge in [-0.3, -0.25) is 20.2 Å². The standard InChI is InChI=1S/C14H9ClFN3O3S/c15-10-6-5-8(7-12(10)19(21)22)17-14(23)18-13(20)9-3-1-2-4-11(9)16/h1-7H,(H2,17,18,20,23). The van der Waals surface area contributed by atoms with Gasteiger partial charge < -0.3 is 5.32 Å². The van der Waals surface area contributed by atoms with Gasteiger partial charge in [0, 0.05) is 11.8 Å². The second-order valence-electron chi connectivity index (χ2n) is 4.31. The maximum absolute atomic E-state index is 13.5. The molecule has 0 heterocycles. The van der Waals surface area contributed by atoms with Crippen LogP contribution in [0.4, 0.5) is 15.8 Å². The molecule has 2 rings (SSSR count). The van der Waals surface area contributed by atoms with E-state index >= 15 is 0 Å². The number of carbonyl (C=O) groups excluding carboxylic acids is 1. The van der Waals surface area contributed by atoms with Crippen LogP contribution in [0.3, 0.4) is 0 Å². The van der Waals surface area contributed by atoms with E-state index in [2.05, 4.69) is 10.6 Å². The Balaban J connectivity index is 2.08. The Morgan fingerprint density at radius 3 is 2.61 bits per heavy atom. The number of hydrogen-bond donors (Lipinski definition) is 2. The molecule has 0 spiro atoms. The molecule has 9 heteroatoms. The first-order chi connectivity index (χ1) is 10.9. The lowest BCUT2D eigenvalue weighted by molar-refractivity contribution is -0.384. The van der Waals surface area contributed by atoms with Crippen LogP contribution in [-0.2, 0) is 0 Å². The zero-order valence-electron chi connectivity index (χ0n) is 11.4. The molecular formula is C14H9ClFN3O3S. The SMILES string of the molecule is O=C(NC(=S)Nc1ccc(Cl)c([N+](=O)[O-])c1)c1ccccc1F. The van der Waals surface area contributed by atoms with E-state index in [1.165, 1.54) is 36.4 Å². The van der Waals surface area contributed by atoms with Crippen molar-refractivity contribution >= 4 is 46.2 Å². The average Bonchev–Trinajstić information content (AvgIpc) is 2.49. The number of amides is 1. The van der Waals surface area contributed by atoms with Gasteiger partial charge in [0.05, 0.1) is 10.5 Å². The van der Waals surface area contributed by atoms with Crippen LogP contribution in [0, 0.1) is 15.9 Å². The van der Waals surface area contributed by atoms with Gasteiger partial charge in [-0.2, -0.15) is 0 Å². The molecule has 0 aromatic heterocycles. The van der Waals surface area contributed by atoms with Gasteiger partial charge in [0.1, 0.15) is 10.8 Å². The molecule has 1 amide bonds. The summed E-state index contributed by atoms with van der Waals surface area (Å²) in [5.41, 5.74) is -0.210. The van der Waals surface area contributed by atoms with Gasteiger partial charge in [-0.05, 0) is 36.5 Å². The molecule has 2 N–H and O–H groups in total. The van der Waals surface area contributed by atoms with Crippen LogP contribution in [0.25, 0.3) is 0 Å². The molecule has 6 nitrogen and oxygen atoms in total. The zero-order valence-corrected chi connectivity index (χ0v) is 13.0. The molecule has 0 saturated carbocycles. The maximum atomic E-state index is 13.5. The van der Waals surface area contributed by atoms with Crippen molar-refractivity contribution in [2.75, 3.05) is 5.32 Å². The highest BCUT2D eigenvalue weighted by Gasteiger charge is 2.15. The van der Waals surface area contributed by atoms with Crippen molar-refractivity contribution in [2.45, 2.75) is 0 Å². The van der Waals surface area contributed by atoms with Crippen molar-refractivity contribution in [1.82, 2.24) is 5.32 Å². The fraction of sp³-hybridized carbons (Fsp3) is 0. The predicted octanol–water partition coefficient (Wildman–Crippen LogP) is 3.51. The van der Waals surface area contributed by atoms with Crippen LogP contribution in [-0.4, -0.2) is 15.9 Å². The largest absolute Gasteiger partial charge is 0.332 e. The van der Waals surface area contributed by atoms with E-state index in [4.69, 9.17) is 23.8 Å². The van der Waals surface area contributed by atoms with Crippen molar-refractivity contribution in [3.05, 3.63) is 69.0 Å². The van der Waals surface area contributed by atoms with E-state index < -0.39 is 16.6 Å². The van der Waals surface area contributed by atoms with E-state index in [0.29, 0.717) is 0 Å². The van der Waals surface area contributed by atoms with Crippen molar-refractivity contribution in [3.63, 3.8) is 0 Å². The molecule has 0 aliphatic carbocycles. The Bertz CT molecular complexity index is 801. The molecule has 0 atom stereocenters. The van der Waals surface area contributed by atoms with Gasteiger partial charge in [0.15, 0.2) is 5.11 Å². The lowest BCUT2D eigenvalue weighted by Crippen LogP contribution is -2.34. The van der Waals surface area contributed by atoms with Crippen LogP contribution in [0.1, 0.15) is 10.4 Å². The Morgan fingerprint density at radius 1 is 1.26 bits per heavy atom. The molecule has 0 aliphatic rings. The summed E-state index contributed by atoms with van der Waals surface area (Å²) < 4.78 is 13.5. The van der Waals surface area contributed by atoms with Gasteiger partial charge in [0.25, 0.3) is 11.6 Å². The third kappa shape index (κ3) is 4.21. The minimum absolute atomic E-state index is 0.0261. The first-order valence-corrected chi connectivity index (χ1v) is 6.98. The van der Waals surface area contributed by atoms with Gasteiger partial charge in [-0.15, -0.1) is 0 Å². The predicted molar refractivity (Wildman–Crippen MR) is 88.2 cm³/mol. The summed E-state index contributed by atoms with van der Waals surface area (Å²) in [5, 5.41) is 15.5. The van der Waals surface area contributed by atoms with E-state index in [9.17, 15) is 19.3 Å². The van der Waals surface area contributed by atoms with Crippen LogP contribution >= 0.6 is 23.8 Å². The number of nitrogens with one attached hydrogen (secondary N) is 2. The molecule has 2 aromatic carbocycles. The van der Waals surface area contributed by atoms with Gasteiger partial charge in [-0.25, -0.2) is 4.39 Å². The van der Waals surface area contributed by atoms with Crippen molar-refractivity contribution in [3.8, 4) is 0 Å². The van der Waals surface area contributed by atoms with E-state index in [-0.39, 0.29) is 27.1 Å². The van der Waals surface area contributed by atoms with Crippen LogP contribution in [0.2, 0.25) is 5.02 Å². The highest BCUT2D eigenvalue weighted by atomic mass is 35.5. The summed E-state index contributed by atoms with van der Waals surface area (Å²) in [6.45, 7) is 0. The third-order valence-electron chi connectivity index (χ3n) is 2.75. The lowest BCUT2D eigenvalue weighted by atomic mass is 10.2. The number of carbonyl (C=O) groups is 1. The maximum Gasteiger partial charge on any atom is 0.289 e. The number of nitrogens with zero attached hydrogens (tertiary/aromatic N) is 1. The number of thiocarbonyl (C=S) groups is 1. The van der Waals surface area contributed by atoms with Crippen molar-refractivity contribution in [1.29, 1.82) is 0 Å². The Morgan fingerprint density at radius 2 is 1.96 bits per heavy atom. The summed E-state index contributed by atoms with van der Waals surface area (Å²) >= 11 is 10.6. The lowest BCUT2D eigenvalue weighted by Gasteiger charge is -2.10. The molecule has 0 unspecified atom stereocenters. The van der Waals surface area contributed by atoms with E-state index in [1.54, 1.807) is 0 Å². The summed E-state index contributed by atoms with van der Waals surface area (Å²) in [7, 11) is 0. The minimum atomic E-state index is -0.732. The zero-order chi connectivity index (χ0) is 17.0. The van der Waals surface area contributed by atoms with Crippen molar-refractivity contribution < 1.29 is 14.1 Å². The third-order valence-corrected chi connectivity index (χ3v) is 3.27. The summed E-state index contributed by atoms with van der Waals surface area (Å²) in [5.74, 6) is -1.42. The smallest absolute Gasteiger partial charge is 0.289 e. The quantitative estimate of drug-likeness (QED) is 0.501. The molecule has 118 valence electrons. The molecule has 0 fully saturated rings. The second kappa shape index (κ2) is 7.12. The topological polar surface area (TPSA) is 84.3 Å². The Kier molecular flexibility index (Phi) is 5.20. The Hall–Kier alpha value is -2.58. The van der Waals surface area contributed by atoms with Gasteiger partial charge >= 0.3 is 0 Å². The molecule has 23 heavy (non-hydrogen) atoms. The molecular weight excluding hydrogens is 345 g/mol. The molecule has 0 saturated heterocycles. The number of nitro benzene ring substituents is 1. The Labute approximate surface area is 140 Å². The first kappa shape index (κ1) is 16.8. The molecule has 2 aromatic rings. The van der Waals surface area contributed by atoms with E-state index in [1.807, 2.05) is 0 Å². The number of anilines is 1. The summed E-state index contributed by atoms with van der Waals surface area (Å²) in [6, 6.07) is 9.37. The number of halogens is 2. The van der Waals surface area contributed by atoms with Gasteiger partial charge in [-0.1, -0.05) is 23.7 Å². The number of rotatable bonds is 3. The summed E-state index contributed by atoms with van der Waals surface area (Å²) in [4.78, 5) is 22.1. The highest BCUT2D eigenvalue weighted by Crippen LogP contribution is 2.27. The second-order valence-corrected chi connectivity index (χ2v) is 5.13. The fourth-order valence-electron chi connectivity index (χ4n) is 1.71. The number of benzene rings is 2. The molecule has 0 aliphatic heterocycles. The minimum Gasteiger partial charge on any atom is -0.332 e. The van der Waals surface area contributed by atoms with E-state index in [0.717, 1.165) is 6.07 Å². The number of hydrogen-bond acceptors (Lipinski definition) is 4. The first-order valence-electron chi connectivity index (χ1n) is 6.19. The van der Waals surface area contributed by atoms with Crippen LogP contribution < -0.4 is 10.6 Å². The molecule has 0 bridgehead atoms. The van der Waals surface area contributed by atoms with Crippen LogP contribution in [0.15, 0.2) is 42.5 Å².